The van der Waals surface area contributed by atoms with Gasteiger partial charge in [0.15, 0.2) is 0 Å². The molecule has 124 valence electrons. The van der Waals surface area contributed by atoms with Crippen LogP contribution in [0.15, 0.2) is 24.3 Å². The second-order valence-electron chi connectivity index (χ2n) is 6.65. The van der Waals surface area contributed by atoms with Crippen LogP contribution in [-0.4, -0.2) is 47.8 Å². The Morgan fingerprint density at radius 2 is 1.91 bits per heavy atom. The van der Waals surface area contributed by atoms with Crippen LogP contribution in [0.2, 0.25) is 0 Å². The molecule has 0 N–H and O–H groups in total. The van der Waals surface area contributed by atoms with E-state index in [1.807, 2.05) is 18.2 Å². The number of amides is 2. The minimum atomic E-state index is -0.588. The molecule has 2 amide bonds. The van der Waals surface area contributed by atoms with Gasteiger partial charge in [0, 0.05) is 19.5 Å². The van der Waals surface area contributed by atoms with E-state index in [-0.39, 0.29) is 11.8 Å². The summed E-state index contributed by atoms with van der Waals surface area (Å²) in [4.78, 5) is 29.4. The van der Waals surface area contributed by atoms with Gasteiger partial charge in [-0.25, -0.2) is 0 Å². The number of likely N-dealkylation sites (tertiary alicyclic amines) is 1. The van der Waals surface area contributed by atoms with Crippen molar-refractivity contribution in [1.82, 2.24) is 9.80 Å². The Bertz CT molecular complexity index is 609. The first kappa shape index (κ1) is 16.2. The van der Waals surface area contributed by atoms with Gasteiger partial charge in [-0.3, -0.25) is 14.5 Å². The fraction of sp³-hybridized carbons (Fsp3) is 0.579. The lowest BCUT2D eigenvalue weighted by atomic mass is 9.69. The largest absolute Gasteiger partial charge is 0.302 e. The minimum Gasteiger partial charge on any atom is -0.302 e. The molecule has 4 heteroatoms. The number of rotatable bonds is 5. The molecule has 3 rings (SSSR count). The van der Waals surface area contributed by atoms with Crippen LogP contribution in [0, 0.1) is 0 Å². The molecular formula is C19H26N2O2. The molecular weight excluding hydrogens is 288 g/mol. The Labute approximate surface area is 138 Å². The number of fused-ring (bicyclic) bond motifs is 2. The van der Waals surface area contributed by atoms with Gasteiger partial charge in [-0.1, -0.05) is 38.1 Å². The van der Waals surface area contributed by atoms with Crippen LogP contribution in [-0.2, 0) is 21.4 Å². The summed E-state index contributed by atoms with van der Waals surface area (Å²) in [5.41, 5.74) is 1.75. The van der Waals surface area contributed by atoms with Crippen LogP contribution in [0.5, 0.6) is 0 Å². The monoisotopic (exact) mass is 314 g/mol. The van der Waals surface area contributed by atoms with Crippen molar-refractivity contribution >= 4 is 11.8 Å². The number of imide groups is 1. The van der Waals surface area contributed by atoms with Crippen molar-refractivity contribution in [3.8, 4) is 0 Å². The molecule has 23 heavy (non-hydrogen) atoms. The summed E-state index contributed by atoms with van der Waals surface area (Å²) in [6.45, 7) is 7.39. The minimum absolute atomic E-state index is 0.00106. The fourth-order valence-electron chi connectivity index (χ4n) is 4.13. The highest BCUT2D eigenvalue weighted by Gasteiger charge is 2.53. The van der Waals surface area contributed by atoms with E-state index in [1.54, 1.807) is 0 Å². The lowest BCUT2D eigenvalue weighted by Gasteiger charge is -2.33. The molecule has 0 radical (unpaired) electrons. The van der Waals surface area contributed by atoms with Gasteiger partial charge in [-0.15, -0.1) is 0 Å². The van der Waals surface area contributed by atoms with Crippen LogP contribution < -0.4 is 0 Å². The number of aryl methyl sites for hydroxylation is 1. The molecule has 1 aromatic carbocycles. The quantitative estimate of drug-likeness (QED) is 0.784. The fourth-order valence-corrected chi connectivity index (χ4v) is 4.13. The third-order valence-corrected chi connectivity index (χ3v) is 5.53. The van der Waals surface area contributed by atoms with Gasteiger partial charge in [-0.05, 0) is 43.5 Å². The predicted octanol–water partition coefficient (Wildman–Crippen LogP) is 2.36. The van der Waals surface area contributed by atoms with E-state index in [2.05, 4.69) is 24.8 Å². The number of hydrogen-bond donors (Lipinski definition) is 0. The van der Waals surface area contributed by atoms with E-state index < -0.39 is 5.41 Å². The lowest BCUT2D eigenvalue weighted by Crippen LogP contribution is -2.43. The molecule has 1 atom stereocenters. The molecule has 1 aliphatic carbocycles. The van der Waals surface area contributed by atoms with Gasteiger partial charge < -0.3 is 4.90 Å². The summed E-state index contributed by atoms with van der Waals surface area (Å²) in [7, 11) is 0. The average molecular weight is 314 g/mol. The van der Waals surface area contributed by atoms with Crippen molar-refractivity contribution in [3.63, 3.8) is 0 Å². The molecule has 1 aliphatic heterocycles. The highest BCUT2D eigenvalue weighted by molar-refractivity contribution is 6.09. The van der Waals surface area contributed by atoms with Crippen LogP contribution in [0.3, 0.4) is 0 Å². The van der Waals surface area contributed by atoms with Gasteiger partial charge in [0.25, 0.3) is 0 Å². The van der Waals surface area contributed by atoms with E-state index in [1.165, 1.54) is 10.5 Å². The maximum Gasteiger partial charge on any atom is 0.240 e. The third kappa shape index (κ3) is 2.69. The van der Waals surface area contributed by atoms with Crippen molar-refractivity contribution in [2.75, 3.05) is 26.2 Å². The molecule has 4 nitrogen and oxygen atoms in total. The number of carbonyl (C=O) groups is 2. The molecule has 1 heterocycles. The second kappa shape index (κ2) is 6.44. The third-order valence-electron chi connectivity index (χ3n) is 5.53. The Morgan fingerprint density at radius 1 is 1.17 bits per heavy atom. The van der Waals surface area contributed by atoms with Gasteiger partial charge in [-0.2, -0.15) is 0 Å². The summed E-state index contributed by atoms with van der Waals surface area (Å²) >= 11 is 0. The smallest absolute Gasteiger partial charge is 0.240 e. The van der Waals surface area contributed by atoms with E-state index in [0.29, 0.717) is 13.0 Å². The van der Waals surface area contributed by atoms with Crippen molar-refractivity contribution < 1.29 is 9.59 Å². The topological polar surface area (TPSA) is 40.6 Å². The van der Waals surface area contributed by atoms with E-state index in [4.69, 9.17) is 0 Å². The zero-order chi connectivity index (χ0) is 16.4. The lowest BCUT2D eigenvalue weighted by molar-refractivity contribution is -0.140. The zero-order valence-electron chi connectivity index (χ0n) is 14.2. The first-order valence-corrected chi connectivity index (χ1v) is 8.78. The number of carbonyl (C=O) groups excluding carboxylic acids is 2. The molecule has 1 spiro atoms. The average Bonchev–Trinajstić information content (AvgIpc) is 2.81. The Kier molecular flexibility index (Phi) is 4.53. The Balaban J connectivity index is 1.84. The Morgan fingerprint density at radius 3 is 2.65 bits per heavy atom. The first-order chi connectivity index (χ1) is 11.1. The van der Waals surface area contributed by atoms with E-state index in [9.17, 15) is 9.59 Å². The molecule has 1 unspecified atom stereocenters. The predicted molar refractivity (Wildman–Crippen MR) is 90.2 cm³/mol. The summed E-state index contributed by atoms with van der Waals surface area (Å²) < 4.78 is 0. The summed E-state index contributed by atoms with van der Waals surface area (Å²) in [6, 6.07) is 8.17. The van der Waals surface area contributed by atoms with Crippen molar-refractivity contribution in [2.45, 2.75) is 44.9 Å². The van der Waals surface area contributed by atoms with Gasteiger partial charge in [0.2, 0.25) is 11.8 Å². The van der Waals surface area contributed by atoms with Crippen molar-refractivity contribution in [2.24, 2.45) is 0 Å². The molecule has 2 aliphatic rings. The molecule has 0 bridgehead atoms. The van der Waals surface area contributed by atoms with Crippen molar-refractivity contribution in [3.05, 3.63) is 35.4 Å². The van der Waals surface area contributed by atoms with Gasteiger partial charge in [0.05, 0.1) is 5.41 Å². The maximum atomic E-state index is 13.1. The number of nitrogens with zero attached hydrogens (tertiary/aromatic N) is 2. The summed E-state index contributed by atoms with van der Waals surface area (Å²) in [6.07, 6.45) is 3.15. The number of benzene rings is 1. The number of hydrogen-bond acceptors (Lipinski definition) is 3. The normalized spacial score (nSPS) is 23.9. The van der Waals surface area contributed by atoms with E-state index >= 15 is 0 Å². The Hall–Kier alpha value is -1.68. The molecule has 1 fully saturated rings. The first-order valence-electron chi connectivity index (χ1n) is 8.78. The molecule has 0 aromatic heterocycles. The van der Waals surface area contributed by atoms with Gasteiger partial charge in [0.1, 0.15) is 0 Å². The molecule has 1 aromatic rings. The van der Waals surface area contributed by atoms with Crippen molar-refractivity contribution in [1.29, 1.82) is 0 Å². The highest BCUT2D eigenvalue weighted by atomic mass is 16.2. The standard InChI is InChI=1S/C19H26N2O2/c1-3-20(4-2)12-13-21-17(22)14-19(18(21)23)11-7-9-15-8-5-6-10-16(15)19/h5-6,8,10H,3-4,7,9,11-14H2,1-2H3. The zero-order valence-corrected chi connectivity index (χ0v) is 14.2. The second-order valence-corrected chi connectivity index (χ2v) is 6.65. The molecule has 1 saturated heterocycles. The highest BCUT2D eigenvalue weighted by Crippen LogP contribution is 2.45. The van der Waals surface area contributed by atoms with Gasteiger partial charge >= 0.3 is 0 Å². The van der Waals surface area contributed by atoms with Crippen LogP contribution in [0.4, 0.5) is 0 Å². The summed E-state index contributed by atoms with van der Waals surface area (Å²) in [5, 5.41) is 0. The summed E-state index contributed by atoms with van der Waals surface area (Å²) in [5.74, 6) is 0.0284. The van der Waals surface area contributed by atoms with Crippen LogP contribution >= 0.6 is 0 Å². The number of likely N-dealkylation sites (N-methyl/N-ethyl adjacent to an activating group) is 1. The maximum absolute atomic E-state index is 13.1. The molecule has 0 saturated carbocycles. The van der Waals surface area contributed by atoms with Crippen LogP contribution in [0.25, 0.3) is 0 Å². The van der Waals surface area contributed by atoms with Crippen LogP contribution in [0.1, 0.15) is 44.2 Å². The SMILES string of the molecule is CCN(CC)CCN1C(=O)CC2(CCCc3ccccc32)C1=O. The van der Waals surface area contributed by atoms with E-state index in [0.717, 1.165) is 44.5 Å².